The Bertz CT molecular complexity index is 749. The van der Waals surface area contributed by atoms with Crippen LogP contribution >= 0.6 is 0 Å². The molecular formula is C20H24N2O3. The summed E-state index contributed by atoms with van der Waals surface area (Å²) in [6.07, 6.45) is 5.89. The Morgan fingerprint density at radius 2 is 1.88 bits per heavy atom. The molecule has 0 aliphatic rings. The number of hydrogen-bond acceptors (Lipinski definition) is 5. The van der Waals surface area contributed by atoms with Crippen LogP contribution in [0.25, 0.3) is 5.70 Å². The molecule has 0 saturated carbocycles. The van der Waals surface area contributed by atoms with Crippen LogP contribution in [0.15, 0.2) is 48.1 Å². The van der Waals surface area contributed by atoms with E-state index >= 15 is 0 Å². The molecular weight excluding hydrogens is 316 g/mol. The molecule has 1 heterocycles. The summed E-state index contributed by atoms with van der Waals surface area (Å²) in [4.78, 5) is 8.83. The van der Waals surface area contributed by atoms with Crippen LogP contribution in [0.3, 0.4) is 0 Å². The topological polar surface area (TPSA) is 74.9 Å². The van der Waals surface area contributed by atoms with Gasteiger partial charge in [-0.25, -0.2) is 4.99 Å². The summed E-state index contributed by atoms with van der Waals surface area (Å²) in [5.74, 6) is 0.185. The number of hydrogen-bond donors (Lipinski definition) is 2. The normalized spacial score (nSPS) is 11.4. The largest absolute Gasteiger partial charge is 0.507 e. The minimum Gasteiger partial charge on any atom is -0.507 e. The zero-order valence-corrected chi connectivity index (χ0v) is 14.7. The molecule has 0 aliphatic heterocycles. The quantitative estimate of drug-likeness (QED) is 0.448. The maximum Gasteiger partial charge on any atom is 0.222 e. The summed E-state index contributed by atoms with van der Waals surface area (Å²) < 4.78 is 5.44. The van der Waals surface area contributed by atoms with Crippen molar-refractivity contribution in [2.75, 3.05) is 7.11 Å². The van der Waals surface area contributed by atoms with Crippen molar-refractivity contribution in [3.63, 3.8) is 0 Å². The van der Waals surface area contributed by atoms with Crippen molar-refractivity contribution in [1.29, 1.82) is 0 Å². The summed E-state index contributed by atoms with van der Waals surface area (Å²) >= 11 is 0. The van der Waals surface area contributed by atoms with Crippen LogP contribution in [-0.2, 0) is 11.2 Å². The first-order valence-electron chi connectivity index (χ1n) is 8.35. The van der Waals surface area contributed by atoms with E-state index in [4.69, 9.17) is 4.74 Å². The van der Waals surface area contributed by atoms with Gasteiger partial charge in [0, 0.05) is 6.20 Å². The molecule has 132 valence electrons. The molecule has 0 saturated heterocycles. The van der Waals surface area contributed by atoms with Crippen molar-refractivity contribution >= 4 is 11.6 Å². The number of phenolic OH excluding ortho intramolecular Hbond substituents is 2. The zero-order valence-electron chi connectivity index (χ0n) is 14.7. The highest BCUT2D eigenvalue weighted by Gasteiger charge is 2.15. The summed E-state index contributed by atoms with van der Waals surface area (Å²) in [7, 11) is 1.53. The Labute approximate surface area is 148 Å². The molecule has 0 amide bonds. The van der Waals surface area contributed by atoms with Gasteiger partial charge < -0.3 is 14.9 Å². The molecule has 2 rings (SSSR count). The Kier molecular flexibility index (Phi) is 6.57. The van der Waals surface area contributed by atoms with Gasteiger partial charge in [-0.1, -0.05) is 32.4 Å². The average molecular weight is 340 g/mol. The van der Waals surface area contributed by atoms with Gasteiger partial charge in [0.25, 0.3) is 0 Å². The van der Waals surface area contributed by atoms with E-state index in [0.29, 0.717) is 5.90 Å². The van der Waals surface area contributed by atoms with E-state index in [-0.39, 0.29) is 22.8 Å². The van der Waals surface area contributed by atoms with E-state index < -0.39 is 0 Å². The Morgan fingerprint density at radius 1 is 1.16 bits per heavy atom. The van der Waals surface area contributed by atoms with Crippen LogP contribution < -0.4 is 0 Å². The number of benzene rings is 1. The van der Waals surface area contributed by atoms with E-state index in [1.54, 1.807) is 12.3 Å². The first-order chi connectivity index (χ1) is 12.1. The van der Waals surface area contributed by atoms with Gasteiger partial charge in [-0.05, 0) is 37.1 Å². The van der Waals surface area contributed by atoms with Gasteiger partial charge in [-0.2, -0.15) is 0 Å². The van der Waals surface area contributed by atoms with Gasteiger partial charge in [-0.15, -0.1) is 0 Å². The van der Waals surface area contributed by atoms with Gasteiger partial charge in [0.1, 0.15) is 11.5 Å². The molecule has 5 heteroatoms. The molecule has 0 radical (unpaired) electrons. The number of aromatic nitrogens is 1. The average Bonchev–Trinajstić information content (AvgIpc) is 2.60. The lowest BCUT2D eigenvalue weighted by molar-refractivity contribution is 0.404. The molecule has 0 aliphatic carbocycles. The van der Waals surface area contributed by atoms with Crippen molar-refractivity contribution in [3.05, 3.63) is 59.9 Å². The fourth-order valence-electron chi connectivity index (χ4n) is 2.59. The number of aromatic hydroxyl groups is 2. The highest BCUT2D eigenvalue weighted by atomic mass is 16.5. The number of phenols is 2. The van der Waals surface area contributed by atoms with E-state index in [1.165, 1.54) is 19.2 Å². The Hall–Kier alpha value is -2.82. The second-order valence-electron chi connectivity index (χ2n) is 5.69. The number of ether oxygens (including phenoxy) is 1. The SMILES string of the molecule is C=C(N=C(OC)c1cccnc1CCCCC)c1c(O)cccc1O. The molecule has 2 N–H and O–H groups in total. The predicted octanol–water partition coefficient (Wildman–Crippen LogP) is 4.29. The van der Waals surface area contributed by atoms with E-state index in [0.717, 1.165) is 36.9 Å². The summed E-state index contributed by atoms with van der Waals surface area (Å²) in [6, 6.07) is 8.22. The number of pyridine rings is 1. The van der Waals surface area contributed by atoms with Gasteiger partial charge in [-0.3, -0.25) is 4.98 Å². The first-order valence-corrected chi connectivity index (χ1v) is 8.35. The Morgan fingerprint density at radius 3 is 2.52 bits per heavy atom. The van der Waals surface area contributed by atoms with Crippen LogP contribution in [0.2, 0.25) is 0 Å². The highest BCUT2D eigenvalue weighted by Crippen LogP contribution is 2.33. The summed E-state index contributed by atoms with van der Waals surface area (Å²) in [5.41, 5.74) is 2.10. The first kappa shape index (κ1) is 18.5. The molecule has 0 atom stereocenters. The molecule has 0 bridgehead atoms. The third-order valence-electron chi connectivity index (χ3n) is 3.88. The second-order valence-corrected chi connectivity index (χ2v) is 5.69. The number of aryl methyl sites for hydroxylation is 1. The third-order valence-corrected chi connectivity index (χ3v) is 3.88. The maximum absolute atomic E-state index is 9.97. The molecule has 1 aromatic heterocycles. The van der Waals surface area contributed by atoms with Crippen LogP contribution in [-0.4, -0.2) is 28.2 Å². The lowest BCUT2D eigenvalue weighted by Crippen LogP contribution is -2.09. The lowest BCUT2D eigenvalue weighted by atomic mass is 10.1. The zero-order chi connectivity index (χ0) is 18.2. The number of methoxy groups -OCH3 is 1. The van der Waals surface area contributed by atoms with Crippen LogP contribution in [0, 0.1) is 0 Å². The standard InChI is InChI=1S/C20H24N2O3/c1-4-5-6-10-16-15(9-8-13-21-16)20(25-3)22-14(2)19-17(23)11-7-12-18(19)24/h7-9,11-13,23-24H,2,4-6,10H2,1,3H3. The molecule has 0 spiro atoms. The van der Waals surface area contributed by atoms with E-state index in [9.17, 15) is 10.2 Å². The van der Waals surface area contributed by atoms with Gasteiger partial charge in [0.15, 0.2) is 0 Å². The molecule has 25 heavy (non-hydrogen) atoms. The van der Waals surface area contributed by atoms with Crippen molar-refractivity contribution in [2.45, 2.75) is 32.6 Å². The van der Waals surface area contributed by atoms with Crippen molar-refractivity contribution in [2.24, 2.45) is 4.99 Å². The molecule has 5 nitrogen and oxygen atoms in total. The minimum atomic E-state index is -0.0847. The monoisotopic (exact) mass is 340 g/mol. The Balaban J connectivity index is 2.36. The van der Waals surface area contributed by atoms with Crippen molar-refractivity contribution in [3.8, 4) is 11.5 Å². The van der Waals surface area contributed by atoms with Crippen molar-refractivity contribution in [1.82, 2.24) is 4.98 Å². The molecule has 0 fully saturated rings. The fraction of sp³-hybridized carbons (Fsp3) is 0.300. The van der Waals surface area contributed by atoms with Gasteiger partial charge in [0.2, 0.25) is 5.90 Å². The molecule has 0 unspecified atom stereocenters. The van der Waals surface area contributed by atoms with Gasteiger partial charge in [0.05, 0.1) is 29.6 Å². The number of nitrogens with zero attached hydrogens (tertiary/aromatic N) is 2. The predicted molar refractivity (Wildman–Crippen MR) is 99.8 cm³/mol. The number of unbranched alkanes of at least 4 members (excludes halogenated alkanes) is 2. The molecule has 2 aromatic rings. The summed E-state index contributed by atoms with van der Waals surface area (Å²) in [5, 5.41) is 19.9. The lowest BCUT2D eigenvalue weighted by Gasteiger charge is -2.12. The maximum atomic E-state index is 9.97. The van der Waals surface area contributed by atoms with E-state index in [2.05, 4.69) is 23.5 Å². The number of rotatable bonds is 7. The number of aliphatic imine (C=N–C) groups is 1. The van der Waals surface area contributed by atoms with E-state index in [1.807, 2.05) is 12.1 Å². The summed E-state index contributed by atoms with van der Waals surface area (Å²) in [6.45, 7) is 6.01. The molecule has 1 aromatic carbocycles. The highest BCUT2D eigenvalue weighted by molar-refractivity contribution is 5.98. The van der Waals surface area contributed by atoms with Crippen LogP contribution in [0.5, 0.6) is 11.5 Å². The van der Waals surface area contributed by atoms with Crippen LogP contribution in [0.4, 0.5) is 0 Å². The minimum absolute atomic E-state index is 0.0847. The van der Waals surface area contributed by atoms with Crippen LogP contribution in [0.1, 0.15) is 43.0 Å². The van der Waals surface area contributed by atoms with Gasteiger partial charge >= 0.3 is 0 Å². The smallest absolute Gasteiger partial charge is 0.222 e. The third kappa shape index (κ3) is 4.59. The van der Waals surface area contributed by atoms with Crippen molar-refractivity contribution < 1.29 is 14.9 Å². The second kappa shape index (κ2) is 8.87. The fourth-order valence-corrected chi connectivity index (χ4v) is 2.59.